The van der Waals surface area contributed by atoms with Gasteiger partial charge in [-0.05, 0) is 33.6 Å². The molecule has 0 bridgehead atoms. The van der Waals surface area contributed by atoms with E-state index >= 15 is 0 Å². The number of hydrogen-bond acceptors (Lipinski definition) is 1. The largest absolute Gasteiger partial charge is 0.310 e. The Morgan fingerprint density at radius 2 is 1.82 bits per heavy atom. The lowest BCUT2D eigenvalue weighted by molar-refractivity contribution is 0.431. The minimum Gasteiger partial charge on any atom is -0.310 e. The SMILES string of the molecule is CC=C[Si](C)(C)CCN(C)C. The molecule has 0 saturated carbocycles. The van der Waals surface area contributed by atoms with E-state index in [2.05, 4.69) is 50.8 Å². The van der Waals surface area contributed by atoms with E-state index in [-0.39, 0.29) is 0 Å². The molecule has 0 saturated heterocycles. The van der Waals surface area contributed by atoms with E-state index in [0.29, 0.717) is 0 Å². The highest BCUT2D eigenvalue weighted by Crippen LogP contribution is 2.10. The van der Waals surface area contributed by atoms with Crippen molar-refractivity contribution in [3.8, 4) is 0 Å². The monoisotopic (exact) mass is 171 g/mol. The zero-order chi connectivity index (χ0) is 8.91. The third-order valence-corrected chi connectivity index (χ3v) is 4.57. The first kappa shape index (κ1) is 10.9. The van der Waals surface area contributed by atoms with Crippen LogP contribution < -0.4 is 0 Å². The molecular formula is C9H21NSi. The zero-order valence-corrected chi connectivity index (χ0v) is 9.52. The number of allylic oxidation sites excluding steroid dienone is 1. The molecule has 0 aliphatic carbocycles. The molecule has 0 amide bonds. The van der Waals surface area contributed by atoms with Crippen molar-refractivity contribution in [2.45, 2.75) is 26.1 Å². The summed E-state index contributed by atoms with van der Waals surface area (Å²) in [5.74, 6) is 0. The Morgan fingerprint density at radius 1 is 1.27 bits per heavy atom. The van der Waals surface area contributed by atoms with Gasteiger partial charge in [0.15, 0.2) is 0 Å². The van der Waals surface area contributed by atoms with E-state index in [1.807, 2.05) is 0 Å². The molecule has 2 heteroatoms. The van der Waals surface area contributed by atoms with Gasteiger partial charge in [0.25, 0.3) is 0 Å². The van der Waals surface area contributed by atoms with Crippen LogP contribution in [0.3, 0.4) is 0 Å². The number of nitrogens with zero attached hydrogens (tertiary/aromatic N) is 1. The second-order valence-electron chi connectivity index (χ2n) is 4.04. The maximum atomic E-state index is 2.41. The second kappa shape index (κ2) is 4.73. The molecule has 0 N–H and O–H groups in total. The summed E-state index contributed by atoms with van der Waals surface area (Å²) >= 11 is 0. The molecule has 0 aromatic rings. The topological polar surface area (TPSA) is 3.24 Å². The molecule has 0 aliphatic rings. The molecule has 0 unspecified atom stereocenters. The molecule has 0 atom stereocenters. The van der Waals surface area contributed by atoms with Gasteiger partial charge >= 0.3 is 0 Å². The molecular weight excluding hydrogens is 150 g/mol. The Kier molecular flexibility index (Phi) is 4.69. The summed E-state index contributed by atoms with van der Waals surface area (Å²) in [4.78, 5) is 2.26. The van der Waals surface area contributed by atoms with Crippen molar-refractivity contribution in [2.24, 2.45) is 0 Å². The van der Waals surface area contributed by atoms with Crippen LogP contribution in [-0.2, 0) is 0 Å². The van der Waals surface area contributed by atoms with Gasteiger partial charge in [0.05, 0.1) is 8.07 Å². The van der Waals surface area contributed by atoms with Crippen LogP contribution in [0.15, 0.2) is 11.8 Å². The molecule has 0 heterocycles. The van der Waals surface area contributed by atoms with E-state index in [4.69, 9.17) is 0 Å². The van der Waals surface area contributed by atoms with E-state index in [9.17, 15) is 0 Å². The van der Waals surface area contributed by atoms with Gasteiger partial charge in [-0.25, -0.2) is 0 Å². The molecule has 0 aromatic heterocycles. The van der Waals surface area contributed by atoms with Gasteiger partial charge in [0, 0.05) is 0 Å². The van der Waals surface area contributed by atoms with Crippen LogP contribution in [0.1, 0.15) is 6.92 Å². The van der Waals surface area contributed by atoms with E-state index in [1.54, 1.807) is 0 Å². The smallest absolute Gasteiger partial charge is 0.0725 e. The average molecular weight is 171 g/mol. The van der Waals surface area contributed by atoms with Crippen molar-refractivity contribution >= 4 is 8.07 Å². The normalized spacial score (nSPS) is 13.3. The fraction of sp³-hybridized carbons (Fsp3) is 0.778. The molecule has 11 heavy (non-hydrogen) atoms. The summed E-state index contributed by atoms with van der Waals surface area (Å²) in [7, 11) is 3.29. The van der Waals surface area contributed by atoms with Gasteiger partial charge in [-0.15, -0.1) is 0 Å². The van der Waals surface area contributed by atoms with Crippen LogP contribution in [0.4, 0.5) is 0 Å². The molecule has 0 fully saturated rings. The molecule has 0 radical (unpaired) electrons. The summed E-state index contributed by atoms with van der Waals surface area (Å²) in [6.45, 7) is 8.17. The average Bonchev–Trinajstić information content (AvgIpc) is 1.84. The fourth-order valence-electron chi connectivity index (χ4n) is 1.05. The third kappa shape index (κ3) is 6.32. The Balaban J connectivity index is 3.72. The zero-order valence-electron chi connectivity index (χ0n) is 8.52. The molecule has 0 spiro atoms. The second-order valence-corrected chi connectivity index (χ2v) is 8.85. The van der Waals surface area contributed by atoms with Crippen LogP contribution in [0.2, 0.25) is 19.1 Å². The highest BCUT2D eigenvalue weighted by Gasteiger charge is 2.15. The van der Waals surface area contributed by atoms with Crippen LogP contribution in [0.25, 0.3) is 0 Å². The lowest BCUT2D eigenvalue weighted by atomic mass is 10.7. The summed E-state index contributed by atoms with van der Waals surface area (Å²) in [5, 5.41) is 0. The fourth-order valence-corrected chi connectivity index (χ4v) is 3.14. The first-order chi connectivity index (χ1) is 4.98. The van der Waals surface area contributed by atoms with Crippen molar-refractivity contribution in [1.82, 2.24) is 4.90 Å². The van der Waals surface area contributed by atoms with Crippen LogP contribution >= 0.6 is 0 Å². The van der Waals surface area contributed by atoms with Gasteiger partial charge in [-0.1, -0.05) is 24.9 Å². The number of rotatable bonds is 4. The Bertz CT molecular complexity index is 128. The molecule has 66 valence electrons. The predicted octanol–water partition coefficient (Wildman–Crippen LogP) is 2.37. The van der Waals surface area contributed by atoms with E-state index in [1.165, 1.54) is 12.6 Å². The summed E-state index contributed by atoms with van der Waals surface area (Å²) in [6.07, 6.45) is 2.20. The Hall–Kier alpha value is -0.0831. The van der Waals surface area contributed by atoms with Crippen molar-refractivity contribution < 1.29 is 0 Å². The van der Waals surface area contributed by atoms with Gasteiger partial charge in [0.2, 0.25) is 0 Å². The predicted molar refractivity (Wildman–Crippen MR) is 55.7 cm³/mol. The first-order valence-corrected chi connectivity index (χ1v) is 7.55. The molecule has 0 rings (SSSR count). The first-order valence-electron chi connectivity index (χ1n) is 4.26. The van der Waals surface area contributed by atoms with E-state index in [0.717, 1.165) is 0 Å². The minimum atomic E-state index is -0.988. The summed E-state index contributed by atoms with van der Waals surface area (Å²) in [6, 6.07) is 1.37. The van der Waals surface area contributed by atoms with Crippen molar-refractivity contribution in [1.29, 1.82) is 0 Å². The minimum absolute atomic E-state index is 0.988. The van der Waals surface area contributed by atoms with Crippen LogP contribution in [0, 0.1) is 0 Å². The maximum Gasteiger partial charge on any atom is 0.0725 e. The van der Waals surface area contributed by atoms with Gasteiger partial charge in [-0.2, -0.15) is 0 Å². The standard InChI is InChI=1S/C9H21NSi/c1-6-8-11(4,5)9-7-10(2)3/h6,8H,7,9H2,1-5H3. The third-order valence-electron chi connectivity index (χ3n) is 1.82. The van der Waals surface area contributed by atoms with Crippen molar-refractivity contribution in [3.05, 3.63) is 11.8 Å². The van der Waals surface area contributed by atoms with Gasteiger partial charge in [-0.3, -0.25) is 0 Å². The lowest BCUT2D eigenvalue weighted by Crippen LogP contribution is -2.28. The van der Waals surface area contributed by atoms with Crippen molar-refractivity contribution in [2.75, 3.05) is 20.6 Å². The summed E-state index contributed by atoms with van der Waals surface area (Å²) in [5.41, 5.74) is 2.41. The van der Waals surface area contributed by atoms with Crippen LogP contribution in [0.5, 0.6) is 0 Å². The Labute approximate surface area is 72.1 Å². The highest BCUT2D eigenvalue weighted by molar-refractivity contribution is 6.82. The van der Waals surface area contributed by atoms with Gasteiger partial charge < -0.3 is 4.90 Å². The lowest BCUT2D eigenvalue weighted by Gasteiger charge is -2.20. The molecule has 0 aliphatic heterocycles. The molecule has 0 aromatic carbocycles. The highest BCUT2D eigenvalue weighted by atomic mass is 28.3. The van der Waals surface area contributed by atoms with E-state index < -0.39 is 8.07 Å². The molecule has 1 nitrogen and oxygen atoms in total. The van der Waals surface area contributed by atoms with Crippen molar-refractivity contribution in [3.63, 3.8) is 0 Å². The quantitative estimate of drug-likeness (QED) is 0.587. The maximum absolute atomic E-state index is 2.41. The van der Waals surface area contributed by atoms with Gasteiger partial charge in [0.1, 0.15) is 0 Å². The number of hydrogen-bond donors (Lipinski definition) is 0. The summed E-state index contributed by atoms with van der Waals surface area (Å²) < 4.78 is 0. The van der Waals surface area contributed by atoms with Crippen LogP contribution in [-0.4, -0.2) is 33.6 Å². The Morgan fingerprint density at radius 3 is 2.18 bits per heavy atom.